The Morgan fingerprint density at radius 2 is 1.89 bits per heavy atom. The molecule has 2 aromatic rings. The van der Waals surface area contributed by atoms with Crippen LogP contribution in [0, 0.1) is 0 Å². The highest BCUT2D eigenvalue weighted by Gasteiger charge is 2.22. The first-order valence-electron chi connectivity index (χ1n) is 5.71. The van der Waals surface area contributed by atoms with E-state index in [1.165, 1.54) is 11.3 Å². The molecule has 1 N–H and O–H groups in total. The predicted molar refractivity (Wildman–Crippen MR) is 78.7 cm³/mol. The van der Waals surface area contributed by atoms with Crippen LogP contribution in [0.5, 0.6) is 0 Å². The Morgan fingerprint density at radius 3 is 2.68 bits per heavy atom. The third kappa shape index (κ3) is 2.22. The standard InChI is InChI=1S/C14H11NO2S2/c16-19(17,14-9-4-10-18-14)13-8-3-6-11-5-1-2-7-12(11)15-13/h1-10,15H. The van der Waals surface area contributed by atoms with Gasteiger partial charge in [0.1, 0.15) is 9.24 Å². The van der Waals surface area contributed by atoms with Gasteiger partial charge in [-0.2, -0.15) is 0 Å². The van der Waals surface area contributed by atoms with Crippen LogP contribution in [-0.2, 0) is 9.84 Å². The number of hydrogen-bond donors (Lipinski definition) is 1. The first-order valence-corrected chi connectivity index (χ1v) is 8.07. The second-order valence-electron chi connectivity index (χ2n) is 4.04. The van der Waals surface area contributed by atoms with Crippen LogP contribution in [0.15, 0.2) is 63.2 Å². The van der Waals surface area contributed by atoms with Gasteiger partial charge in [0.2, 0.25) is 9.84 Å². The lowest BCUT2D eigenvalue weighted by Crippen LogP contribution is -2.11. The lowest BCUT2D eigenvalue weighted by Gasteiger charge is -2.11. The Bertz CT molecular complexity index is 757. The van der Waals surface area contributed by atoms with Gasteiger partial charge in [-0.3, -0.25) is 0 Å². The topological polar surface area (TPSA) is 46.2 Å². The summed E-state index contributed by atoms with van der Waals surface area (Å²) < 4.78 is 25.3. The van der Waals surface area contributed by atoms with Crippen LogP contribution in [-0.4, -0.2) is 8.42 Å². The maximum Gasteiger partial charge on any atom is 0.231 e. The number of allylic oxidation sites excluding steroid dienone is 2. The Labute approximate surface area is 115 Å². The second-order valence-corrected chi connectivity index (χ2v) is 7.13. The van der Waals surface area contributed by atoms with E-state index >= 15 is 0 Å². The van der Waals surface area contributed by atoms with Crippen LogP contribution in [0.2, 0.25) is 0 Å². The molecule has 5 heteroatoms. The lowest BCUT2D eigenvalue weighted by atomic mass is 10.2. The van der Waals surface area contributed by atoms with E-state index in [-0.39, 0.29) is 5.03 Å². The molecule has 0 atom stereocenters. The zero-order chi connectivity index (χ0) is 13.3. The second kappa shape index (κ2) is 4.68. The molecule has 0 unspecified atom stereocenters. The van der Waals surface area contributed by atoms with Crippen molar-refractivity contribution in [2.45, 2.75) is 4.21 Å². The van der Waals surface area contributed by atoms with Crippen LogP contribution in [0.25, 0.3) is 6.08 Å². The van der Waals surface area contributed by atoms with E-state index in [0.29, 0.717) is 4.21 Å². The summed E-state index contributed by atoms with van der Waals surface area (Å²) in [5.41, 5.74) is 1.76. The van der Waals surface area contributed by atoms with Crippen LogP contribution in [0.4, 0.5) is 5.69 Å². The van der Waals surface area contributed by atoms with E-state index in [2.05, 4.69) is 5.32 Å². The molecule has 3 rings (SSSR count). The fourth-order valence-corrected chi connectivity index (χ4v) is 4.22. The van der Waals surface area contributed by atoms with Crippen molar-refractivity contribution in [1.82, 2.24) is 0 Å². The first-order chi connectivity index (χ1) is 9.18. The zero-order valence-electron chi connectivity index (χ0n) is 9.91. The van der Waals surface area contributed by atoms with Gasteiger partial charge in [-0.05, 0) is 29.2 Å². The van der Waals surface area contributed by atoms with Gasteiger partial charge >= 0.3 is 0 Å². The van der Waals surface area contributed by atoms with Crippen molar-refractivity contribution in [3.05, 3.63) is 64.5 Å². The molecule has 0 amide bonds. The number of para-hydroxylation sites is 1. The quantitative estimate of drug-likeness (QED) is 0.920. The summed E-state index contributed by atoms with van der Waals surface area (Å²) >= 11 is 1.22. The summed E-state index contributed by atoms with van der Waals surface area (Å²) in [6, 6.07) is 10.9. The van der Waals surface area contributed by atoms with Gasteiger partial charge in [0, 0.05) is 5.69 Å². The van der Waals surface area contributed by atoms with Crippen molar-refractivity contribution in [2.75, 3.05) is 5.32 Å². The van der Waals surface area contributed by atoms with E-state index < -0.39 is 9.84 Å². The van der Waals surface area contributed by atoms with Crippen LogP contribution in [0.1, 0.15) is 5.56 Å². The van der Waals surface area contributed by atoms with Gasteiger partial charge in [-0.15, -0.1) is 11.3 Å². The number of benzene rings is 1. The number of nitrogens with one attached hydrogen (secondary N) is 1. The molecular formula is C14H11NO2S2. The molecule has 0 saturated carbocycles. The Morgan fingerprint density at radius 1 is 1.05 bits per heavy atom. The van der Waals surface area contributed by atoms with Crippen LogP contribution >= 0.6 is 11.3 Å². The molecule has 3 nitrogen and oxygen atoms in total. The van der Waals surface area contributed by atoms with E-state index in [1.807, 2.05) is 30.3 Å². The molecule has 0 aliphatic carbocycles. The fraction of sp³-hybridized carbons (Fsp3) is 0. The van der Waals surface area contributed by atoms with E-state index in [0.717, 1.165) is 11.3 Å². The predicted octanol–water partition coefficient (Wildman–Crippen LogP) is 3.50. The number of fused-ring (bicyclic) bond motifs is 1. The number of rotatable bonds is 2. The molecule has 1 aliphatic rings. The maximum atomic E-state index is 12.5. The molecule has 2 heterocycles. The SMILES string of the molecule is O=S(=O)(C1=CC=Cc2ccccc2N1)c1cccs1. The van der Waals surface area contributed by atoms with Gasteiger partial charge in [0.25, 0.3) is 0 Å². The van der Waals surface area contributed by atoms with Crippen molar-refractivity contribution in [3.8, 4) is 0 Å². The summed E-state index contributed by atoms with van der Waals surface area (Å²) in [7, 11) is -3.47. The highest BCUT2D eigenvalue weighted by Crippen LogP contribution is 2.28. The molecule has 0 saturated heterocycles. The van der Waals surface area contributed by atoms with Gasteiger partial charge in [-0.25, -0.2) is 8.42 Å². The van der Waals surface area contributed by atoms with Crippen LogP contribution < -0.4 is 5.32 Å². The minimum atomic E-state index is -3.47. The number of thiophene rings is 1. The molecule has 0 spiro atoms. The third-order valence-corrected chi connectivity index (χ3v) is 5.88. The average Bonchev–Trinajstić information content (AvgIpc) is 2.85. The average molecular weight is 289 g/mol. The van der Waals surface area contributed by atoms with Crippen LogP contribution in [0.3, 0.4) is 0 Å². The molecule has 0 fully saturated rings. The first kappa shape index (κ1) is 12.2. The number of anilines is 1. The minimum Gasteiger partial charge on any atom is -0.345 e. The van der Waals surface area contributed by atoms with E-state index in [4.69, 9.17) is 0 Å². The highest BCUT2D eigenvalue weighted by molar-refractivity contribution is 7.97. The largest absolute Gasteiger partial charge is 0.345 e. The molecule has 1 aromatic carbocycles. The van der Waals surface area contributed by atoms with Gasteiger partial charge in [0.15, 0.2) is 0 Å². The molecule has 96 valence electrons. The summed E-state index contributed by atoms with van der Waals surface area (Å²) in [6.45, 7) is 0. The van der Waals surface area contributed by atoms with E-state index in [1.54, 1.807) is 29.7 Å². The molecule has 0 bridgehead atoms. The lowest BCUT2D eigenvalue weighted by molar-refractivity contribution is 0.604. The Kier molecular flexibility index (Phi) is 3.00. The van der Waals surface area contributed by atoms with Gasteiger partial charge < -0.3 is 5.32 Å². The molecule has 0 radical (unpaired) electrons. The van der Waals surface area contributed by atoms with Crippen molar-refractivity contribution < 1.29 is 8.42 Å². The van der Waals surface area contributed by atoms with Gasteiger partial charge in [0.05, 0.1) is 0 Å². The summed E-state index contributed by atoms with van der Waals surface area (Å²) in [5.74, 6) is 0. The Balaban J connectivity index is 2.05. The normalized spacial score (nSPS) is 14.2. The third-order valence-electron chi connectivity index (χ3n) is 2.79. The molecular weight excluding hydrogens is 278 g/mol. The fourth-order valence-electron chi connectivity index (χ4n) is 1.85. The zero-order valence-corrected chi connectivity index (χ0v) is 11.5. The summed E-state index contributed by atoms with van der Waals surface area (Å²) in [4.78, 5) is 0. The van der Waals surface area contributed by atoms with Crippen molar-refractivity contribution in [2.24, 2.45) is 0 Å². The smallest absolute Gasteiger partial charge is 0.231 e. The highest BCUT2D eigenvalue weighted by atomic mass is 32.2. The van der Waals surface area contributed by atoms with Crippen molar-refractivity contribution in [3.63, 3.8) is 0 Å². The number of hydrogen-bond acceptors (Lipinski definition) is 4. The Hall–Kier alpha value is -1.85. The van der Waals surface area contributed by atoms with Gasteiger partial charge in [-0.1, -0.05) is 36.4 Å². The summed E-state index contributed by atoms with van der Waals surface area (Å²) in [6.07, 6.45) is 5.23. The molecule has 1 aliphatic heterocycles. The molecule has 19 heavy (non-hydrogen) atoms. The van der Waals surface area contributed by atoms with Crippen molar-refractivity contribution in [1.29, 1.82) is 0 Å². The maximum absolute atomic E-state index is 12.5. The number of sulfone groups is 1. The van der Waals surface area contributed by atoms with Crippen molar-refractivity contribution >= 4 is 32.9 Å². The summed E-state index contributed by atoms with van der Waals surface area (Å²) in [5, 5.41) is 4.97. The van der Waals surface area contributed by atoms with E-state index in [9.17, 15) is 8.42 Å². The minimum absolute atomic E-state index is 0.205. The monoisotopic (exact) mass is 289 g/mol. The molecule has 1 aromatic heterocycles.